The van der Waals surface area contributed by atoms with E-state index in [0.29, 0.717) is 0 Å². The largest absolute Gasteiger partial charge is 0.459 e. The third kappa shape index (κ3) is 4.11. The molecule has 102 valence electrons. The Kier molecular flexibility index (Phi) is 4.12. The maximum atomic E-state index is 11.8. The van der Waals surface area contributed by atoms with Gasteiger partial charge < -0.3 is 9.72 Å². The SMILES string of the molecule is C[C@@H](NS(=O)(=O)c1cnc[nH]1)C(=O)OC(C)(C)C. The van der Waals surface area contributed by atoms with Crippen LogP contribution in [0.3, 0.4) is 0 Å². The minimum absolute atomic E-state index is 0.0992. The summed E-state index contributed by atoms with van der Waals surface area (Å²) < 4.78 is 30.8. The van der Waals surface area contributed by atoms with Crippen molar-refractivity contribution < 1.29 is 17.9 Å². The van der Waals surface area contributed by atoms with Crippen LogP contribution in [-0.2, 0) is 19.6 Å². The van der Waals surface area contributed by atoms with Crippen molar-refractivity contribution in [1.82, 2.24) is 14.7 Å². The molecule has 0 fully saturated rings. The van der Waals surface area contributed by atoms with Crippen LogP contribution in [0.5, 0.6) is 0 Å². The van der Waals surface area contributed by atoms with E-state index in [4.69, 9.17) is 4.74 Å². The maximum Gasteiger partial charge on any atom is 0.324 e. The molecule has 0 saturated carbocycles. The number of imidazole rings is 1. The topological polar surface area (TPSA) is 101 Å². The van der Waals surface area contributed by atoms with Crippen LogP contribution in [0.1, 0.15) is 27.7 Å². The quantitative estimate of drug-likeness (QED) is 0.775. The van der Waals surface area contributed by atoms with Gasteiger partial charge in [0.15, 0.2) is 5.03 Å². The smallest absolute Gasteiger partial charge is 0.324 e. The number of sulfonamides is 1. The molecule has 0 bridgehead atoms. The van der Waals surface area contributed by atoms with Crippen molar-refractivity contribution in [2.45, 2.75) is 44.4 Å². The molecule has 18 heavy (non-hydrogen) atoms. The van der Waals surface area contributed by atoms with Gasteiger partial charge in [0, 0.05) is 0 Å². The van der Waals surface area contributed by atoms with E-state index in [-0.39, 0.29) is 5.03 Å². The van der Waals surface area contributed by atoms with E-state index < -0.39 is 27.6 Å². The van der Waals surface area contributed by atoms with Crippen molar-refractivity contribution in [2.75, 3.05) is 0 Å². The van der Waals surface area contributed by atoms with E-state index in [0.717, 1.165) is 6.20 Å². The number of carbonyl (C=O) groups excluding carboxylic acids is 1. The summed E-state index contributed by atoms with van der Waals surface area (Å²) in [4.78, 5) is 17.7. The van der Waals surface area contributed by atoms with Gasteiger partial charge in [-0.05, 0) is 27.7 Å². The lowest BCUT2D eigenvalue weighted by molar-refractivity contribution is -0.156. The first-order valence-electron chi connectivity index (χ1n) is 5.35. The highest BCUT2D eigenvalue weighted by Gasteiger charge is 2.26. The van der Waals surface area contributed by atoms with Gasteiger partial charge in [-0.25, -0.2) is 13.4 Å². The van der Waals surface area contributed by atoms with Crippen LogP contribution in [0.2, 0.25) is 0 Å². The first kappa shape index (κ1) is 14.7. The first-order chi connectivity index (χ1) is 8.12. The predicted molar refractivity (Wildman–Crippen MR) is 64.2 cm³/mol. The van der Waals surface area contributed by atoms with Gasteiger partial charge in [0.2, 0.25) is 0 Å². The van der Waals surface area contributed by atoms with Crippen LogP contribution in [0, 0.1) is 0 Å². The molecular weight excluding hydrogens is 258 g/mol. The Bertz CT molecular complexity index is 502. The summed E-state index contributed by atoms with van der Waals surface area (Å²) in [5, 5.41) is -0.0992. The van der Waals surface area contributed by atoms with Gasteiger partial charge in [-0.3, -0.25) is 4.79 Å². The van der Waals surface area contributed by atoms with Gasteiger partial charge in [0.25, 0.3) is 10.0 Å². The molecule has 0 aliphatic carbocycles. The van der Waals surface area contributed by atoms with E-state index >= 15 is 0 Å². The number of hydrogen-bond acceptors (Lipinski definition) is 5. The van der Waals surface area contributed by atoms with E-state index in [1.165, 1.54) is 13.3 Å². The second-order valence-electron chi connectivity index (χ2n) is 4.79. The minimum atomic E-state index is -3.79. The molecular formula is C10H17N3O4S. The molecule has 0 radical (unpaired) electrons. The number of carbonyl (C=O) groups is 1. The molecule has 8 heteroatoms. The average molecular weight is 275 g/mol. The lowest BCUT2D eigenvalue weighted by Gasteiger charge is -2.22. The summed E-state index contributed by atoms with van der Waals surface area (Å²) in [5.74, 6) is -0.634. The summed E-state index contributed by atoms with van der Waals surface area (Å²) in [6.07, 6.45) is 2.40. The fraction of sp³-hybridized carbons (Fsp3) is 0.600. The van der Waals surface area contributed by atoms with Crippen LogP contribution in [0.25, 0.3) is 0 Å². The van der Waals surface area contributed by atoms with Crippen LogP contribution in [0.4, 0.5) is 0 Å². The summed E-state index contributed by atoms with van der Waals surface area (Å²) in [5.41, 5.74) is -0.662. The molecule has 1 rings (SSSR count). The minimum Gasteiger partial charge on any atom is -0.459 e. The molecule has 7 nitrogen and oxygen atoms in total. The highest BCUT2D eigenvalue weighted by molar-refractivity contribution is 7.89. The second-order valence-corrected chi connectivity index (χ2v) is 6.47. The Morgan fingerprint density at radius 1 is 1.50 bits per heavy atom. The second kappa shape index (κ2) is 5.07. The number of H-pyrrole nitrogens is 1. The van der Waals surface area contributed by atoms with Gasteiger partial charge in [-0.1, -0.05) is 0 Å². The van der Waals surface area contributed by atoms with Gasteiger partial charge in [0.05, 0.1) is 12.5 Å². The number of nitrogens with zero attached hydrogens (tertiary/aromatic N) is 1. The van der Waals surface area contributed by atoms with Gasteiger partial charge in [-0.15, -0.1) is 0 Å². The zero-order valence-corrected chi connectivity index (χ0v) is 11.5. The zero-order chi connectivity index (χ0) is 14.0. The Labute approximate surface area is 106 Å². The monoisotopic (exact) mass is 275 g/mol. The van der Waals surface area contributed by atoms with Gasteiger partial charge in [0.1, 0.15) is 11.6 Å². The van der Waals surface area contributed by atoms with E-state index in [2.05, 4.69) is 14.7 Å². The van der Waals surface area contributed by atoms with Crippen LogP contribution < -0.4 is 4.72 Å². The van der Waals surface area contributed by atoms with Crippen molar-refractivity contribution in [3.8, 4) is 0 Å². The Morgan fingerprint density at radius 3 is 2.56 bits per heavy atom. The van der Waals surface area contributed by atoms with E-state index in [1.807, 2.05) is 0 Å². The van der Waals surface area contributed by atoms with Crippen molar-refractivity contribution in [1.29, 1.82) is 0 Å². The number of esters is 1. The summed E-state index contributed by atoms with van der Waals surface area (Å²) in [7, 11) is -3.79. The van der Waals surface area contributed by atoms with Crippen LogP contribution in [-0.4, -0.2) is 36.0 Å². The molecule has 0 aliphatic heterocycles. The van der Waals surface area contributed by atoms with E-state index in [1.54, 1.807) is 20.8 Å². The van der Waals surface area contributed by atoms with Gasteiger partial charge in [-0.2, -0.15) is 4.72 Å². The molecule has 1 aromatic heterocycles. The molecule has 0 amide bonds. The molecule has 0 spiro atoms. The third-order valence-electron chi connectivity index (χ3n) is 1.85. The number of aromatic amines is 1. The van der Waals surface area contributed by atoms with Gasteiger partial charge >= 0.3 is 5.97 Å². The molecule has 0 unspecified atom stereocenters. The molecule has 0 saturated heterocycles. The van der Waals surface area contributed by atoms with Crippen molar-refractivity contribution in [3.05, 3.63) is 12.5 Å². The molecule has 1 atom stereocenters. The fourth-order valence-corrected chi connectivity index (χ4v) is 2.22. The number of hydrogen-bond donors (Lipinski definition) is 2. The van der Waals surface area contributed by atoms with Crippen molar-refractivity contribution in [2.24, 2.45) is 0 Å². The Hall–Kier alpha value is -1.41. The number of aromatic nitrogens is 2. The highest BCUT2D eigenvalue weighted by atomic mass is 32.2. The van der Waals surface area contributed by atoms with Crippen molar-refractivity contribution in [3.63, 3.8) is 0 Å². The summed E-state index contributed by atoms with van der Waals surface area (Å²) in [6.45, 7) is 6.55. The Morgan fingerprint density at radius 2 is 2.11 bits per heavy atom. The van der Waals surface area contributed by atoms with E-state index in [9.17, 15) is 13.2 Å². The molecule has 2 N–H and O–H groups in total. The maximum absolute atomic E-state index is 11.8. The average Bonchev–Trinajstić information content (AvgIpc) is 2.66. The predicted octanol–water partition coefficient (Wildman–Crippen LogP) is 0.418. The number of nitrogens with one attached hydrogen (secondary N) is 2. The normalized spacial score (nSPS) is 14.2. The highest BCUT2D eigenvalue weighted by Crippen LogP contribution is 2.10. The number of ether oxygens (including phenoxy) is 1. The van der Waals surface area contributed by atoms with Crippen molar-refractivity contribution >= 4 is 16.0 Å². The Balaban J connectivity index is 2.71. The first-order valence-corrected chi connectivity index (χ1v) is 6.84. The zero-order valence-electron chi connectivity index (χ0n) is 10.7. The standard InChI is InChI=1S/C10H17N3O4S/c1-7(9(14)17-10(2,3)4)13-18(15,16)8-5-11-6-12-8/h5-7,13H,1-4H3,(H,11,12)/t7-/m1/s1. The summed E-state index contributed by atoms with van der Waals surface area (Å²) >= 11 is 0. The van der Waals surface area contributed by atoms with Crippen LogP contribution in [0.15, 0.2) is 17.6 Å². The molecule has 0 aromatic carbocycles. The lowest BCUT2D eigenvalue weighted by atomic mass is 10.2. The third-order valence-corrected chi connectivity index (χ3v) is 3.32. The molecule has 0 aliphatic rings. The number of rotatable bonds is 4. The fourth-order valence-electron chi connectivity index (χ4n) is 1.12. The molecule has 1 heterocycles. The molecule has 1 aromatic rings. The summed E-state index contributed by atoms with van der Waals surface area (Å²) in [6, 6.07) is -0.975. The van der Waals surface area contributed by atoms with Crippen LogP contribution >= 0.6 is 0 Å². The lowest BCUT2D eigenvalue weighted by Crippen LogP contribution is -2.42.